The highest BCUT2D eigenvalue weighted by Gasteiger charge is 2.34. The van der Waals surface area contributed by atoms with Gasteiger partial charge in [-0.3, -0.25) is 4.79 Å². The smallest absolute Gasteiger partial charge is 0.416 e. The van der Waals surface area contributed by atoms with Crippen molar-refractivity contribution in [3.63, 3.8) is 0 Å². The molecule has 14 heteroatoms. The monoisotopic (exact) mass is 628 g/mol. The molecule has 43 heavy (non-hydrogen) atoms. The first-order chi connectivity index (χ1) is 20.0. The van der Waals surface area contributed by atoms with E-state index in [4.69, 9.17) is 4.84 Å². The lowest BCUT2D eigenvalue weighted by atomic mass is 9.97. The molecule has 0 spiro atoms. The number of alkyl halides is 6. The van der Waals surface area contributed by atoms with Crippen molar-refractivity contribution in [1.82, 2.24) is 4.31 Å². The zero-order chi connectivity index (χ0) is 31.7. The first-order valence-corrected chi connectivity index (χ1v) is 14.3. The molecule has 230 valence electrons. The van der Waals surface area contributed by atoms with E-state index in [9.17, 15) is 44.7 Å². The fraction of sp³-hybridized carbons (Fsp3) is 0.310. The molecular formula is C29H26F6N2O5S. The molecule has 3 aromatic rings. The third-order valence-electron chi connectivity index (χ3n) is 7.13. The first kappa shape index (κ1) is 32.0. The Morgan fingerprint density at radius 1 is 0.977 bits per heavy atom. The van der Waals surface area contributed by atoms with Crippen molar-refractivity contribution in [3.05, 3.63) is 99.6 Å². The predicted octanol–water partition coefficient (Wildman–Crippen LogP) is 5.92. The molecule has 0 aliphatic heterocycles. The summed E-state index contributed by atoms with van der Waals surface area (Å²) in [5.74, 6) is -1.75. The molecule has 0 fully saturated rings. The number of likely N-dealkylation sites (N-methyl/N-ethyl adjacent to an activating group) is 1. The van der Waals surface area contributed by atoms with Gasteiger partial charge in [-0.2, -0.15) is 30.6 Å². The second-order valence-corrected chi connectivity index (χ2v) is 12.1. The Kier molecular flexibility index (Phi) is 8.93. The van der Waals surface area contributed by atoms with Gasteiger partial charge >= 0.3 is 18.3 Å². The van der Waals surface area contributed by atoms with Gasteiger partial charge in [0.1, 0.15) is 12.3 Å². The summed E-state index contributed by atoms with van der Waals surface area (Å²) in [7, 11) is -2.77. The standard InChI is InChI=1S/C29H26F6N2O5S/c1-17-14-20(8-11-24(17)29(33,34)35)26(18-6-9-22(10-7-18)28(30,31)32)36-42-13-12-37(2)43(40,41)25-5-3-4-19-15-21(27(38)39)16-23(19)25/h3-11,14,21H,12-13,15-16H2,1-2H3,(H,38,39)/b36-26+. The van der Waals surface area contributed by atoms with Crippen LogP contribution in [0.3, 0.4) is 0 Å². The number of halogens is 6. The van der Waals surface area contributed by atoms with Gasteiger partial charge in [0, 0.05) is 18.2 Å². The van der Waals surface area contributed by atoms with Gasteiger partial charge in [0.15, 0.2) is 0 Å². The summed E-state index contributed by atoms with van der Waals surface area (Å²) in [4.78, 5) is 16.8. The number of sulfonamides is 1. The van der Waals surface area contributed by atoms with E-state index in [0.717, 1.165) is 40.7 Å². The Bertz CT molecular complexity index is 1650. The van der Waals surface area contributed by atoms with Crippen molar-refractivity contribution in [2.75, 3.05) is 20.2 Å². The largest absolute Gasteiger partial charge is 0.481 e. The topological polar surface area (TPSA) is 96.3 Å². The lowest BCUT2D eigenvalue weighted by Gasteiger charge is -2.19. The maximum atomic E-state index is 13.3. The Balaban J connectivity index is 1.56. The van der Waals surface area contributed by atoms with Crippen LogP contribution in [0.5, 0.6) is 0 Å². The van der Waals surface area contributed by atoms with Crippen LogP contribution in [-0.4, -0.2) is 49.7 Å². The van der Waals surface area contributed by atoms with Gasteiger partial charge < -0.3 is 9.94 Å². The molecule has 0 radical (unpaired) electrons. The van der Waals surface area contributed by atoms with Crippen LogP contribution < -0.4 is 0 Å². The number of benzene rings is 3. The number of carboxylic acids is 1. The Morgan fingerprint density at radius 3 is 2.21 bits per heavy atom. The van der Waals surface area contributed by atoms with E-state index in [1.807, 2.05) is 0 Å². The molecule has 3 aromatic carbocycles. The summed E-state index contributed by atoms with van der Waals surface area (Å²) in [5.41, 5.74) is -0.696. The molecular weight excluding hydrogens is 602 g/mol. The molecule has 0 saturated heterocycles. The van der Waals surface area contributed by atoms with E-state index in [-0.39, 0.29) is 53.3 Å². The van der Waals surface area contributed by atoms with Gasteiger partial charge in [0.05, 0.1) is 28.5 Å². The average Bonchev–Trinajstić information content (AvgIpc) is 3.37. The highest BCUT2D eigenvalue weighted by atomic mass is 32.2. The zero-order valence-corrected chi connectivity index (χ0v) is 23.6. The van der Waals surface area contributed by atoms with Crippen molar-refractivity contribution >= 4 is 21.7 Å². The molecule has 4 rings (SSSR count). The van der Waals surface area contributed by atoms with Gasteiger partial charge in [0.25, 0.3) is 0 Å². The second-order valence-electron chi connectivity index (χ2n) is 10.0. The quantitative estimate of drug-likeness (QED) is 0.137. The molecule has 7 nitrogen and oxygen atoms in total. The van der Waals surface area contributed by atoms with Crippen LogP contribution in [0.2, 0.25) is 0 Å². The van der Waals surface area contributed by atoms with Crippen molar-refractivity contribution in [2.45, 2.75) is 37.0 Å². The summed E-state index contributed by atoms with van der Waals surface area (Å²) < 4.78 is 107. The fourth-order valence-electron chi connectivity index (χ4n) is 4.82. The SMILES string of the molecule is Cc1cc(/C(=N/OCCN(C)S(=O)(=O)c2cccc3c2CC(C(=O)O)C3)c2ccc(C(F)(F)F)cc2)ccc1C(F)(F)F. The van der Waals surface area contributed by atoms with Gasteiger partial charge in [-0.05, 0) is 66.8 Å². The summed E-state index contributed by atoms with van der Waals surface area (Å²) in [6.07, 6.45) is -8.95. The predicted molar refractivity (Wildman–Crippen MR) is 144 cm³/mol. The van der Waals surface area contributed by atoms with E-state index in [0.29, 0.717) is 11.1 Å². The lowest BCUT2D eigenvalue weighted by molar-refractivity contribution is -0.141. The highest BCUT2D eigenvalue weighted by Crippen LogP contribution is 2.34. The molecule has 0 aromatic heterocycles. The maximum absolute atomic E-state index is 13.3. The van der Waals surface area contributed by atoms with Gasteiger partial charge in [-0.25, -0.2) is 8.42 Å². The maximum Gasteiger partial charge on any atom is 0.416 e. The molecule has 0 bridgehead atoms. The molecule has 0 heterocycles. The number of carboxylic acid groups (broad SMARTS) is 1. The van der Waals surface area contributed by atoms with Crippen molar-refractivity contribution in [2.24, 2.45) is 11.1 Å². The van der Waals surface area contributed by atoms with Crippen LogP contribution in [0.15, 0.2) is 70.7 Å². The fourth-order valence-corrected chi connectivity index (χ4v) is 6.25. The summed E-state index contributed by atoms with van der Waals surface area (Å²) in [6.45, 7) is 0.701. The minimum absolute atomic E-state index is 0.0228. The number of carbonyl (C=O) groups is 1. The first-order valence-electron chi connectivity index (χ1n) is 12.9. The van der Waals surface area contributed by atoms with Crippen molar-refractivity contribution in [1.29, 1.82) is 0 Å². The Morgan fingerprint density at radius 2 is 1.63 bits per heavy atom. The number of rotatable bonds is 9. The van der Waals surface area contributed by atoms with E-state index >= 15 is 0 Å². The molecule has 1 unspecified atom stereocenters. The molecule has 1 N–H and O–H groups in total. The number of hydrogen-bond donors (Lipinski definition) is 1. The van der Waals surface area contributed by atoms with Crippen LogP contribution >= 0.6 is 0 Å². The van der Waals surface area contributed by atoms with E-state index in [1.54, 1.807) is 6.07 Å². The number of fused-ring (bicyclic) bond motifs is 1. The molecule has 0 saturated carbocycles. The van der Waals surface area contributed by atoms with Crippen molar-refractivity contribution < 1.29 is 49.5 Å². The van der Waals surface area contributed by atoms with Crippen LogP contribution in [0, 0.1) is 12.8 Å². The van der Waals surface area contributed by atoms with E-state index < -0.39 is 45.4 Å². The molecule has 0 amide bonds. The molecule has 1 aliphatic carbocycles. The zero-order valence-electron chi connectivity index (χ0n) is 22.8. The lowest BCUT2D eigenvalue weighted by Crippen LogP contribution is -2.31. The van der Waals surface area contributed by atoms with Crippen LogP contribution in [0.1, 0.15) is 38.9 Å². The second kappa shape index (κ2) is 12.0. The average molecular weight is 629 g/mol. The third kappa shape index (κ3) is 7.02. The summed E-state index contributed by atoms with van der Waals surface area (Å²) in [6, 6.07) is 11.6. The number of hydrogen-bond acceptors (Lipinski definition) is 5. The normalized spacial score (nSPS) is 15.9. The van der Waals surface area contributed by atoms with Crippen LogP contribution in [0.4, 0.5) is 26.3 Å². The summed E-state index contributed by atoms with van der Waals surface area (Å²) >= 11 is 0. The van der Waals surface area contributed by atoms with E-state index in [2.05, 4.69) is 5.16 Å². The Hall–Kier alpha value is -3.91. The minimum Gasteiger partial charge on any atom is -0.481 e. The van der Waals surface area contributed by atoms with Gasteiger partial charge in [-0.15, -0.1) is 0 Å². The van der Waals surface area contributed by atoms with Crippen molar-refractivity contribution in [3.8, 4) is 0 Å². The molecule has 1 atom stereocenters. The van der Waals surface area contributed by atoms with Gasteiger partial charge in [-0.1, -0.05) is 35.5 Å². The third-order valence-corrected chi connectivity index (χ3v) is 9.07. The van der Waals surface area contributed by atoms with Crippen LogP contribution in [0.25, 0.3) is 0 Å². The van der Waals surface area contributed by atoms with Gasteiger partial charge in [0.2, 0.25) is 10.0 Å². The minimum atomic E-state index is -4.62. The number of nitrogens with zero attached hydrogens (tertiary/aromatic N) is 2. The van der Waals surface area contributed by atoms with E-state index in [1.165, 1.54) is 32.2 Å². The Labute approximate surface area is 243 Å². The molecule has 1 aliphatic rings. The number of aryl methyl sites for hydroxylation is 1. The summed E-state index contributed by atoms with van der Waals surface area (Å²) in [5, 5.41) is 13.3. The number of aliphatic carboxylic acids is 1. The number of oxime groups is 1. The highest BCUT2D eigenvalue weighted by molar-refractivity contribution is 7.89. The van der Waals surface area contributed by atoms with Crippen LogP contribution in [-0.2, 0) is 44.8 Å².